The number of hydrogen-bond donors (Lipinski definition) is 1. The molecule has 0 spiro atoms. The van der Waals surface area contributed by atoms with Gasteiger partial charge in [0.05, 0.1) is 12.6 Å². The normalized spacial score (nSPS) is 12.5. The third kappa shape index (κ3) is 5.74. The van der Waals surface area contributed by atoms with Crippen LogP contribution in [-0.2, 0) is 21.4 Å². The summed E-state index contributed by atoms with van der Waals surface area (Å²) in [7, 11) is -4.33. The van der Waals surface area contributed by atoms with Crippen LogP contribution in [0.5, 0.6) is 0 Å². The number of sulfonamides is 1. The maximum absolute atomic E-state index is 14.3. The topological polar surface area (TPSA) is 66.5 Å². The summed E-state index contributed by atoms with van der Waals surface area (Å²) in [6.45, 7) is 1.04. The minimum atomic E-state index is -4.33. The van der Waals surface area contributed by atoms with Crippen LogP contribution in [0, 0.1) is 11.6 Å². The molecule has 8 heteroatoms. The Morgan fingerprint density at radius 3 is 2.19 bits per heavy atom. The first-order valence-electron chi connectivity index (χ1n) is 9.61. The first-order valence-corrected chi connectivity index (χ1v) is 11.0. The molecule has 0 bridgehead atoms. The number of benzene rings is 3. The number of nitrogens with one attached hydrogen (secondary N) is 1. The number of hydrogen-bond acceptors (Lipinski definition) is 3. The van der Waals surface area contributed by atoms with Crippen molar-refractivity contribution in [2.24, 2.45) is 0 Å². The first kappa shape index (κ1) is 22.6. The monoisotopic (exact) mass is 444 g/mol. The molecule has 0 fully saturated rings. The van der Waals surface area contributed by atoms with Crippen molar-refractivity contribution in [3.05, 3.63) is 102 Å². The summed E-state index contributed by atoms with van der Waals surface area (Å²) in [6.07, 6.45) is 0. The number of rotatable bonds is 8. The second-order valence-corrected chi connectivity index (χ2v) is 8.94. The Labute approximate surface area is 180 Å². The van der Waals surface area contributed by atoms with Crippen LogP contribution in [0.15, 0.2) is 83.8 Å². The van der Waals surface area contributed by atoms with Gasteiger partial charge in [0.1, 0.15) is 16.5 Å². The standard InChI is InChI=1S/C23H22F2N2O3S/c1-17(19-7-3-2-4-8-19)26-23(28)16-27(15-18-11-13-20(24)14-12-18)31(29,30)22-10-6-5-9-21(22)25/h2-14,17H,15-16H2,1H3,(H,26,28)/t17-/m1/s1. The summed E-state index contributed by atoms with van der Waals surface area (Å²) in [5.41, 5.74) is 1.32. The van der Waals surface area contributed by atoms with Gasteiger partial charge in [-0.1, -0.05) is 54.6 Å². The molecule has 31 heavy (non-hydrogen) atoms. The van der Waals surface area contributed by atoms with E-state index in [1.807, 2.05) is 30.3 Å². The molecule has 0 unspecified atom stereocenters. The maximum atomic E-state index is 14.3. The van der Waals surface area contributed by atoms with Crippen LogP contribution in [0.4, 0.5) is 8.78 Å². The van der Waals surface area contributed by atoms with Crippen LogP contribution in [0.2, 0.25) is 0 Å². The molecule has 0 saturated heterocycles. The fourth-order valence-electron chi connectivity index (χ4n) is 3.08. The molecule has 3 aromatic rings. The van der Waals surface area contributed by atoms with Crippen molar-refractivity contribution in [3.8, 4) is 0 Å². The van der Waals surface area contributed by atoms with E-state index in [-0.39, 0.29) is 12.6 Å². The van der Waals surface area contributed by atoms with Crippen LogP contribution in [0.3, 0.4) is 0 Å². The molecule has 5 nitrogen and oxygen atoms in total. The van der Waals surface area contributed by atoms with Crippen molar-refractivity contribution in [2.75, 3.05) is 6.54 Å². The Morgan fingerprint density at radius 1 is 0.935 bits per heavy atom. The lowest BCUT2D eigenvalue weighted by molar-refractivity contribution is -0.122. The fraction of sp³-hybridized carbons (Fsp3) is 0.174. The average Bonchev–Trinajstić information content (AvgIpc) is 2.75. The number of amides is 1. The van der Waals surface area contributed by atoms with Gasteiger partial charge >= 0.3 is 0 Å². The van der Waals surface area contributed by atoms with E-state index >= 15 is 0 Å². The largest absolute Gasteiger partial charge is 0.348 e. The minimum Gasteiger partial charge on any atom is -0.348 e. The van der Waals surface area contributed by atoms with Crippen molar-refractivity contribution >= 4 is 15.9 Å². The first-order chi connectivity index (χ1) is 14.8. The summed E-state index contributed by atoms with van der Waals surface area (Å²) in [5.74, 6) is -1.93. The number of carbonyl (C=O) groups is 1. The van der Waals surface area contributed by atoms with Crippen molar-refractivity contribution < 1.29 is 22.0 Å². The summed E-state index contributed by atoms with van der Waals surface area (Å²) in [5, 5.41) is 2.76. The van der Waals surface area contributed by atoms with Gasteiger partial charge in [0, 0.05) is 6.54 Å². The molecule has 0 aliphatic rings. The molecule has 1 amide bonds. The second kappa shape index (κ2) is 9.80. The Balaban J connectivity index is 1.85. The van der Waals surface area contributed by atoms with Gasteiger partial charge in [0.25, 0.3) is 0 Å². The summed E-state index contributed by atoms with van der Waals surface area (Å²) < 4.78 is 54.7. The van der Waals surface area contributed by atoms with Crippen molar-refractivity contribution in [1.82, 2.24) is 9.62 Å². The SMILES string of the molecule is C[C@@H](NC(=O)CN(Cc1ccc(F)cc1)S(=O)(=O)c1ccccc1F)c1ccccc1. The van der Waals surface area contributed by atoms with Crippen LogP contribution < -0.4 is 5.32 Å². The van der Waals surface area contributed by atoms with Gasteiger partial charge in [-0.3, -0.25) is 4.79 Å². The minimum absolute atomic E-state index is 0.218. The zero-order chi connectivity index (χ0) is 22.4. The van der Waals surface area contributed by atoms with E-state index in [4.69, 9.17) is 0 Å². The van der Waals surface area contributed by atoms with E-state index in [1.165, 1.54) is 36.4 Å². The lowest BCUT2D eigenvalue weighted by atomic mass is 10.1. The van der Waals surface area contributed by atoms with Gasteiger partial charge in [-0.05, 0) is 42.3 Å². The molecular weight excluding hydrogens is 422 g/mol. The molecule has 3 rings (SSSR count). The van der Waals surface area contributed by atoms with Gasteiger partial charge in [-0.2, -0.15) is 4.31 Å². The van der Waals surface area contributed by atoms with E-state index < -0.39 is 39.0 Å². The third-order valence-corrected chi connectivity index (χ3v) is 6.55. The predicted octanol–water partition coefficient (Wildman–Crippen LogP) is 4.03. The highest BCUT2D eigenvalue weighted by Crippen LogP contribution is 2.21. The fourth-order valence-corrected chi connectivity index (χ4v) is 4.53. The van der Waals surface area contributed by atoms with E-state index in [9.17, 15) is 22.0 Å². The quantitative estimate of drug-likeness (QED) is 0.570. The Kier molecular flexibility index (Phi) is 7.14. The van der Waals surface area contributed by atoms with Crippen LogP contribution in [0.25, 0.3) is 0 Å². The molecule has 0 saturated carbocycles. The summed E-state index contributed by atoms with van der Waals surface area (Å²) >= 11 is 0. The molecule has 0 aliphatic carbocycles. The van der Waals surface area contributed by atoms with Crippen LogP contribution >= 0.6 is 0 Å². The van der Waals surface area contributed by atoms with E-state index in [0.717, 1.165) is 22.0 Å². The van der Waals surface area contributed by atoms with Gasteiger partial charge in [0.2, 0.25) is 15.9 Å². The van der Waals surface area contributed by atoms with E-state index in [0.29, 0.717) is 5.56 Å². The molecule has 0 heterocycles. The average molecular weight is 445 g/mol. The van der Waals surface area contributed by atoms with Crippen LogP contribution in [-0.4, -0.2) is 25.2 Å². The predicted molar refractivity (Wildman–Crippen MR) is 113 cm³/mol. The Bertz CT molecular complexity index is 1140. The molecular formula is C23H22F2N2O3S. The van der Waals surface area contributed by atoms with Crippen molar-refractivity contribution in [1.29, 1.82) is 0 Å². The highest BCUT2D eigenvalue weighted by molar-refractivity contribution is 7.89. The molecule has 0 aromatic heterocycles. The highest BCUT2D eigenvalue weighted by Gasteiger charge is 2.29. The van der Waals surface area contributed by atoms with E-state index in [2.05, 4.69) is 5.32 Å². The maximum Gasteiger partial charge on any atom is 0.246 e. The van der Waals surface area contributed by atoms with Gasteiger partial charge in [0.15, 0.2) is 0 Å². The number of nitrogens with zero attached hydrogens (tertiary/aromatic N) is 1. The molecule has 1 atom stereocenters. The lowest BCUT2D eigenvalue weighted by Crippen LogP contribution is -2.41. The van der Waals surface area contributed by atoms with Crippen molar-refractivity contribution in [2.45, 2.75) is 24.4 Å². The third-order valence-electron chi connectivity index (χ3n) is 4.72. The Hall–Kier alpha value is -3.10. The molecule has 0 radical (unpaired) electrons. The number of halogens is 2. The van der Waals surface area contributed by atoms with E-state index in [1.54, 1.807) is 6.92 Å². The summed E-state index contributed by atoms with van der Waals surface area (Å²) in [4.78, 5) is 12.1. The van der Waals surface area contributed by atoms with Crippen molar-refractivity contribution in [3.63, 3.8) is 0 Å². The zero-order valence-electron chi connectivity index (χ0n) is 16.8. The molecule has 1 N–H and O–H groups in total. The smallest absolute Gasteiger partial charge is 0.246 e. The zero-order valence-corrected chi connectivity index (χ0v) is 17.6. The van der Waals surface area contributed by atoms with Crippen LogP contribution in [0.1, 0.15) is 24.1 Å². The molecule has 3 aromatic carbocycles. The van der Waals surface area contributed by atoms with Gasteiger partial charge in [-0.25, -0.2) is 17.2 Å². The Morgan fingerprint density at radius 2 is 1.55 bits per heavy atom. The second-order valence-electron chi connectivity index (χ2n) is 7.03. The number of carbonyl (C=O) groups excluding carboxylic acids is 1. The van der Waals surface area contributed by atoms with Gasteiger partial charge in [-0.15, -0.1) is 0 Å². The lowest BCUT2D eigenvalue weighted by Gasteiger charge is -2.23. The van der Waals surface area contributed by atoms with Gasteiger partial charge < -0.3 is 5.32 Å². The molecule has 162 valence electrons. The molecule has 0 aliphatic heterocycles. The highest BCUT2D eigenvalue weighted by atomic mass is 32.2. The summed E-state index contributed by atoms with van der Waals surface area (Å²) in [6, 6.07) is 19.1.